The number of benzene rings is 1. The molecule has 0 radical (unpaired) electrons. The Morgan fingerprint density at radius 3 is 2.72 bits per heavy atom. The number of carbonyl (C=O) groups is 2. The minimum atomic E-state index is -0.354. The van der Waals surface area contributed by atoms with Crippen molar-refractivity contribution in [2.45, 2.75) is 0 Å². The molecular formula is C13H11NO3S. The van der Waals surface area contributed by atoms with Gasteiger partial charge >= 0.3 is 0 Å². The van der Waals surface area contributed by atoms with Crippen molar-refractivity contribution in [3.8, 4) is 5.75 Å². The molecule has 2 rings (SSSR count). The van der Waals surface area contributed by atoms with Crippen LogP contribution >= 0.6 is 11.8 Å². The Hall–Kier alpha value is -2.01. The lowest BCUT2D eigenvalue weighted by Gasteiger charge is -2.07. The molecule has 18 heavy (non-hydrogen) atoms. The predicted molar refractivity (Wildman–Crippen MR) is 71.0 cm³/mol. The van der Waals surface area contributed by atoms with Gasteiger partial charge in [0.05, 0.1) is 4.91 Å². The molecule has 92 valence electrons. The van der Waals surface area contributed by atoms with E-state index < -0.39 is 0 Å². The van der Waals surface area contributed by atoms with E-state index in [-0.39, 0.29) is 23.4 Å². The molecule has 0 unspecified atom stereocenters. The van der Waals surface area contributed by atoms with Crippen LogP contribution in [0.5, 0.6) is 5.75 Å². The highest BCUT2D eigenvalue weighted by molar-refractivity contribution is 8.18. The molecule has 0 aromatic heterocycles. The average Bonchev–Trinajstić information content (AvgIpc) is 2.60. The maximum atomic E-state index is 11.9. The van der Waals surface area contributed by atoms with Crippen molar-refractivity contribution < 1.29 is 14.7 Å². The first-order valence-corrected chi connectivity index (χ1v) is 6.09. The molecule has 1 aliphatic rings. The minimum absolute atomic E-state index is 0.0769. The summed E-state index contributed by atoms with van der Waals surface area (Å²) in [6.07, 6.45) is 3.02. The summed E-state index contributed by atoms with van der Waals surface area (Å²) in [5.41, 5.74) is 0.515. The predicted octanol–water partition coefficient (Wildman–Crippen LogP) is 2.61. The van der Waals surface area contributed by atoms with Gasteiger partial charge in [-0.3, -0.25) is 14.5 Å². The van der Waals surface area contributed by atoms with Crippen LogP contribution in [0.25, 0.3) is 6.08 Å². The Balaban J connectivity index is 2.31. The molecule has 5 heteroatoms. The molecule has 1 N–H and O–H groups in total. The van der Waals surface area contributed by atoms with Crippen molar-refractivity contribution in [3.63, 3.8) is 0 Å². The highest BCUT2D eigenvalue weighted by Gasteiger charge is 2.34. The number of imide groups is 1. The molecule has 1 aliphatic heterocycles. The van der Waals surface area contributed by atoms with Gasteiger partial charge in [-0.25, -0.2) is 0 Å². The molecule has 4 nitrogen and oxygen atoms in total. The Kier molecular flexibility index (Phi) is 3.53. The summed E-state index contributed by atoms with van der Waals surface area (Å²) >= 11 is 0.865. The molecule has 0 atom stereocenters. The average molecular weight is 261 g/mol. The minimum Gasteiger partial charge on any atom is -0.507 e. The van der Waals surface area contributed by atoms with Crippen molar-refractivity contribution >= 4 is 29.0 Å². The Labute approximate surface area is 109 Å². The molecule has 1 aromatic rings. The van der Waals surface area contributed by atoms with Crippen LogP contribution in [0.15, 0.2) is 41.8 Å². The number of hydrogen-bond donors (Lipinski definition) is 1. The highest BCUT2D eigenvalue weighted by Crippen LogP contribution is 2.33. The van der Waals surface area contributed by atoms with Gasteiger partial charge in [0.2, 0.25) is 0 Å². The van der Waals surface area contributed by atoms with E-state index in [4.69, 9.17) is 0 Å². The van der Waals surface area contributed by atoms with E-state index in [0.717, 1.165) is 16.7 Å². The summed E-state index contributed by atoms with van der Waals surface area (Å²) in [4.78, 5) is 24.9. The highest BCUT2D eigenvalue weighted by atomic mass is 32.2. The van der Waals surface area contributed by atoms with Gasteiger partial charge in [0.1, 0.15) is 5.75 Å². The van der Waals surface area contributed by atoms with E-state index in [9.17, 15) is 14.7 Å². The molecule has 1 heterocycles. The summed E-state index contributed by atoms with van der Waals surface area (Å²) < 4.78 is 0. The van der Waals surface area contributed by atoms with Gasteiger partial charge in [-0.05, 0) is 23.9 Å². The Morgan fingerprint density at radius 2 is 2.06 bits per heavy atom. The van der Waals surface area contributed by atoms with E-state index in [2.05, 4.69) is 6.58 Å². The number of carbonyl (C=O) groups excluding carboxylic acids is 2. The number of thioether (sulfide) groups is 1. The fourth-order valence-electron chi connectivity index (χ4n) is 1.54. The smallest absolute Gasteiger partial charge is 0.293 e. The largest absolute Gasteiger partial charge is 0.507 e. The van der Waals surface area contributed by atoms with Gasteiger partial charge in [0.15, 0.2) is 0 Å². The van der Waals surface area contributed by atoms with E-state index in [1.165, 1.54) is 18.2 Å². The number of phenols is 1. The van der Waals surface area contributed by atoms with Crippen LogP contribution in [0.4, 0.5) is 4.79 Å². The van der Waals surface area contributed by atoms with E-state index in [1.54, 1.807) is 18.2 Å². The van der Waals surface area contributed by atoms with Crippen LogP contribution in [0, 0.1) is 0 Å². The van der Waals surface area contributed by atoms with Crippen molar-refractivity contribution in [1.82, 2.24) is 4.90 Å². The van der Waals surface area contributed by atoms with Gasteiger partial charge in [-0.2, -0.15) is 0 Å². The Bertz CT molecular complexity index is 551. The fourth-order valence-corrected chi connectivity index (χ4v) is 2.38. The lowest BCUT2D eigenvalue weighted by atomic mass is 10.2. The van der Waals surface area contributed by atoms with Gasteiger partial charge in [-0.15, -0.1) is 6.58 Å². The van der Waals surface area contributed by atoms with E-state index in [0.29, 0.717) is 10.5 Å². The Morgan fingerprint density at radius 1 is 1.33 bits per heavy atom. The van der Waals surface area contributed by atoms with Crippen LogP contribution in [0.1, 0.15) is 5.56 Å². The molecule has 1 aromatic carbocycles. The fraction of sp³-hybridized carbons (Fsp3) is 0.0769. The first kappa shape index (κ1) is 12.4. The lowest BCUT2D eigenvalue weighted by molar-refractivity contribution is -0.122. The number of aromatic hydroxyl groups is 1. The van der Waals surface area contributed by atoms with Crippen LogP contribution < -0.4 is 0 Å². The molecular weight excluding hydrogens is 250 g/mol. The number of amides is 2. The van der Waals surface area contributed by atoms with E-state index in [1.807, 2.05) is 0 Å². The summed E-state index contributed by atoms with van der Waals surface area (Å²) in [6.45, 7) is 3.70. The second-order valence-electron chi connectivity index (χ2n) is 3.64. The van der Waals surface area contributed by atoms with Gasteiger partial charge < -0.3 is 5.11 Å². The summed E-state index contributed by atoms with van der Waals surface area (Å²) in [7, 11) is 0. The van der Waals surface area contributed by atoms with Crippen molar-refractivity contribution in [2.75, 3.05) is 6.54 Å². The van der Waals surface area contributed by atoms with Crippen LogP contribution in [-0.2, 0) is 4.79 Å². The molecule has 0 spiro atoms. The molecule has 2 amide bonds. The third kappa shape index (κ3) is 2.31. The number of rotatable bonds is 3. The number of hydrogen-bond acceptors (Lipinski definition) is 4. The zero-order chi connectivity index (χ0) is 13.1. The maximum absolute atomic E-state index is 11.9. The SMILES string of the molecule is C=CCN1C(=O)SC(=Cc2ccccc2O)C1=O. The maximum Gasteiger partial charge on any atom is 0.293 e. The van der Waals surface area contributed by atoms with Crippen LogP contribution in [0.2, 0.25) is 0 Å². The summed E-state index contributed by atoms with van der Waals surface area (Å²) in [5.74, 6) is -0.277. The standard InChI is InChI=1S/C13H11NO3S/c1-2-7-14-12(16)11(18-13(14)17)8-9-5-3-4-6-10(9)15/h2-6,8,15H,1,7H2. The zero-order valence-electron chi connectivity index (χ0n) is 9.50. The number of para-hydroxylation sites is 1. The second kappa shape index (κ2) is 5.10. The monoisotopic (exact) mass is 261 g/mol. The van der Waals surface area contributed by atoms with Crippen molar-refractivity contribution in [3.05, 3.63) is 47.4 Å². The first-order chi connectivity index (χ1) is 8.63. The molecule has 0 aliphatic carbocycles. The van der Waals surface area contributed by atoms with Crippen molar-refractivity contribution in [2.24, 2.45) is 0 Å². The first-order valence-electron chi connectivity index (χ1n) is 5.27. The van der Waals surface area contributed by atoms with Gasteiger partial charge in [0.25, 0.3) is 11.1 Å². The summed E-state index contributed by atoms with van der Waals surface area (Å²) in [5, 5.41) is 9.29. The lowest BCUT2D eigenvalue weighted by Crippen LogP contribution is -2.27. The normalized spacial score (nSPS) is 17.6. The zero-order valence-corrected chi connectivity index (χ0v) is 10.3. The van der Waals surface area contributed by atoms with Crippen LogP contribution in [0.3, 0.4) is 0 Å². The third-order valence-corrected chi connectivity index (χ3v) is 3.32. The van der Waals surface area contributed by atoms with E-state index >= 15 is 0 Å². The topological polar surface area (TPSA) is 57.6 Å². The number of nitrogens with zero attached hydrogens (tertiary/aromatic N) is 1. The third-order valence-electron chi connectivity index (χ3n) is 2.41. The summed E-state index contributed by atoms with van der Waals surface area (Å²) in [6, 6.07) is 6.65. The quantitative estimate of drug-likeness (QED) is 0.671. The molecule has 1 fully saturated rings. The molecule has 0 bridgehead atoms. The second-order valence-corrected chi connectivity index (χ2v) is 4.63. The van der Waals surface area contributed by atoms with Gasteiger partial charge in [-0.1, -0.05) is 24.3 Å². The van der Waals surface area contributed by atoms with Crippen LogP contribution in [-0.4, -0.2) is 27.7 Å². The number of phenolic OH excluding ortho intramolecular Hbond substituents is 1. The van der Waals surface area contributed by atoms with Crippen molar-refractivity contribution in [1.29, 1.82) is 0 Å². The molecule has 1 saturated heterocycles. The molecule has 0 saturated carbocycles. The van der Waals surface area contributed by atoms with Gasteiger partial charge in [0, 0.05) is 12.1 Å².